The first-order chi connectivity index (χ1) is 11.0. The fraction of sp³-hybridized carbons (Fsp3) is 0.111. The highest BCUT2D eigenvalue weighted by Gasteiger charge is 2.10. The molecule has 0 aromatic heterocycles. The van der Waals surface area contributed by atoms with Gasteiger partial charge in [-0.2, -0.15) is 5.26 Å². The lowest BCUT2D eigenvalue weighted by Gasteiger charge is -2.08. The Morgan fingerprint density at radius 1 is 1.17 bits per heavy atom. The number of nitrogens with one attached hydrogen (secondary N) is 2. The Bertz CT molecular complexity index is 787. The predicted octanol–water partition coefficient (Wildman–Crippen LogP) is 3.47. The number of nitriles is 1. The van der Waals surface area contributed by atoms with Crippen LogP contribution in [0.25, 0.3) is 0 Å². The lowest BCUT2D eigenvalue weighted by atomic mass is 10.2. The quantitative estimate of drug-likeness (QED) is 0.459. The lowest BCUT2D eigenvalue weighted by Crippen LogP contribution is -2.15. The third-order valence-electron chi connectivity index (χ3n) is 3.26. The second kappa shape index (κ2) is 7.14. The molecule has 23 heavy (non-hydrogen) atoms. The fourth-order valence-electron chi connectivity index (χ4n) is 1.93. The number of aromatic hydroxyl groups is 1. The van der Waals surface area contributed by atoms with Crippen LogP contribution in [-0.4, -0.2) is 11.0 Å². The van der Waals surface area contributed by atoms with Crippen molar-refractivity contribution < 1.29 is 9.90 Å². The first-order valence-electron chi connectivity index (χ1n) is 7.04. The largest absolute Gasteiger partial charge is 0.508 e. The number of nitrogens with zero attached hydrogens (tertiary/aromatic N) is 1. The van der Waals surface area contributed by atoms with Crippen molar-refractivity contribution in [3.8, 4) is 11.8 Å². The van der Waals surface area contributed by atoms with E-state index in [-0.39, 0.29) is 11.3 Å². The lowest BCUT2D eigenvalue weighted by molar-refractivity contribution is -0.112. The monoisotopic (exact) mass is 307 g/mol. The summed E-state index contributed by atoms with van der Waals surface area (Å²) in [5.41, 5.74) is 3.13. The van der Waals surface area contributed by atoms with Crippen LogP contribution in [0.3, 0.4) is 0 Å². The van der Waals surface area contributed by atoms with E-state index in [1.165, 1.54) is 18.3 Å². The van der Waals surface area contributed by atoms with Gasteiger partial charge >= 0.3 is 0 Å². The molecule has 2 aromatic rings. The summed E-state index contributed by atoms with van der Waals surface area (Å²) in [4.78, 5) is 12.2. The predicted molar refractivity (Wildman–Crippen MR) is 90.0 cm³/mol. The maximum Gasteiger partial charge on any atom is 0.267 e. The minimum atomic E-state index is -0.513. The van der Waals surface area contributed by atoms with E-state index in [9.17, 15) is 9.90 Å². The molecule has 116 valence electrons. The van der Waals surface area contributed by atoms with E-state index >= 15 is 0 Å². The van der Waals surface area contributed by atoms with Crippen LogP contribution in [0.5, 0.6) is 5.75 Å². The molecule has 2 aromatic carbocycles. The third-order valence-corrected chi connectivity index (χ3v) is 3.26. The zero-order chi connectivity index (χ0) is 16.8. The maximum absolute atomic E-state index is 12.2. The molecule has 0 unspecified atom stereocenters. The number of phenols is 1. The molecule has 0 saturated carbocycles. The first-order valence-corrected chi connectivity index (χ1v) is 7.04. The Morgan fingerprint density at radius 2 is 1.87 bits per heavy atom. The normalized spacial score (nSPS) is 10.7. The number of benzene rings is 2. The molecule has 0 saturated heterocycles. The van der Waals surface area contributed by atoms with Crippen LogP contribution in [0, 0.1) is 25.2 Å². The maximum atomic E-state index is 12.2. The summed E-state index contributed by atoms with van der Waals surface area (Å²) in [5, 5.41) is 24.1. The molecule has 5 heteroatoms. The topological polar surface area (TPSA) is 85.2 Å². The zero-order valence-electron chi connectivity index (χ0n) is 12.9. The SMILES string of the molecule is Cc1ccc(N/C=C(/C#N)C(=O)Nc2ccc(O)cc2C)cc1. The van der Waals surface area contributed by atoms with Crippen molar-refractivity contribution in [2.75, 3.05) is 10.6 Å². The number of amides is 1. The van der Waals surface area contributed by atoms with Crippen molar-refractivity contribution in [2.45, 2.75) is 13.8 Å². The van der Waals surface area contributed by atoms with Gasteiger partial charge in [0.05, 0.1) is 0 Å². The molecular formula is C18H17N3O2. The molecule has 0 aliphatic carbocycles. The van der Waals surface area contributed by atoms with Gasteiger partial charge < -0.3 is 15.7 Å². The van der Waals surface area contributed by atoms with Gasteiger partial charge in [-0.1, -0.05) is 17.7 Å². The molecule has 0 bridgehead atoms. The van der Waals surface area contributed by atoms with Gasteiger partial charge in [0.1, 0.15) is 17.4 Å². The van der Waals surface area contributed by atoms with Crippen LogP contribution >= 0.6 is 0 Å². The van der Waals surface area contributed by atoms with Gasteiger partial charge in [0.15, 0.2) is 0 Å². The summed E-state index contributed by atoms with van der Waals surface area (Å²) in [6.07, 6.45) is 1.37. The molecule has 0 aliphatic rings. The molecule has 0 radical (unpaired) electrons. The van der Waals surface area contributed by atoms with Crippen molar-refractivity contribution in [2.24, 2.45) is 0 Å². The van der Waals surface area contributed by atoms with Gasteiger partial charge in [-0.25, -0.2) is 0 Å². The van der Waals surface area contributed by atoms with E-state index in [1.54, 1.807) is 13.0 Å². The van der Waals surface area contributed by atoms with Crippen LogP contribution in [0.15, 0.2) is 54.2 Å². The average Bonchev–Trinajstić information content (AvgIpc) is 2.52. The molecule has 5 nitrogen and oxygen atoms in total. The van der Waals surface area contributed by atoms with Gasteiger partial charge in [-0.05, 0) is 49.7 Å². The molecule has 1 amide bonds. The third kappa shape index (κ3) is 4.35. The number of carbonyl (C=O) groups is 1. The van der Waals surface area contributed by atoms with E-state index in [2.05, 4.69) is 10.6 Å². The highest BCUT2D eigenvalue weighted by atomic mass is 16.3. The van der Waals surface area contributed by atoms with Crippen molar-refractivity contribution in [3.05, 3.63) is 65.4 Å². The molecule has 0 aliphatic heterocycles. The van der Waals surface area contributed by atoms with Crippen LogP contribution in [0.2, 0.25) is 0 Å². The van der Waals surface area contributed by atoms with Gasteiger partial charge in [-0.15, -0.1) is 0 Å². The molecule has 2 rings (SSSR count). The Hall–Kier alpha value is -3.26. The molecule has 0 heterocycles. The minimum Gasteiger partial charge on any atom is -0.508 e. The highest BCUT2D eigenvalue weighted by molar-refractivity contribution is 6.07. The van der Waals surface area contributed by atoms with Crippen LogP contribution < -0.4 is 10.6 Å². The number of anilines is 2. The summed E-state index contributed by atoms with van der Waals surface area (Å²) in [6, 6.07) is 14.1. The Morgan fingerprint density at radius 3 is 2.48 bits per heavy atom. The second-order valence-electron chi connectivity index (χ2n) is 5.13. The summed E-state index contributed by atoms with van der Waals surface area (Å²) in [6.45, 7) is 3.74. The fourth-order valence-corrected chi connectivity index (χ4v) is 1.93. The number of rotatable bonds is 4. The number of hydrogen-bond acceptors (Lipinski definition) is 4. The smallest absolute Gasteiger partial charge is 0.267 e. The molecule has 0 fully saturated rings. The van der Waals surface area contributed by atoms with Gasteiger partial charge in [0.2, 0.25) is 0 Å². The standard InChI is InChI=1S/C18H17N3O2/c1-12-3-5-15(6-4-12)20-11-14(10-19)18(23)21-17-8-7-16(22)9-13(17)2/h3-9,11,20,22H,1-2H3,(H,21,23)/b14-11-. The molecular weight excluding hydrogens is 290 g/mol. The summed E-state index contributed by atoms with van der Waals surface area (Å²) in [7, 11) is 0. The summed E-state index contributed by atoms with van der Waals surface area (Å²) in [5.74, 6) is -0.390. The van der Waals surface area contributed by atoms with Gasteiger partial charge in [-0.3, -0.25) is 4.79 Å². The van der Waals surface area contributed by atoms with Crippen LogP contribution in [-0.2, 0) is 4.79 Å². The van der Waals surface area contributed by atoms with Crippen molar-refractivity contribution in [1.82, 2.24) is 0 Å². The van der Waals surface area contributed by atoms with E-state index in [4.69, 9.17) is 5.26 Å². The Kier molecular flexibility index (Phi) is 5.00. The van der Waals surface area contributed by atoms with E-state index in [1.807, 2.05) is 37.3 Å². The Labute approximate surface area is 134 Å². The number of carbonyl (C=O) groups excluding carboxylic acids is 1. The second-order valence-corrected chi connectivity index (χ2v) is 5.13. The number of phenolic OH excluding ortho intramolecular Hbond substituents is 1. The van der Waals surface area contributed by atoms with E-state index in [0.717, 1.165) is 11.3 Å². The van der Waals surface area contributed by atoms with Crippen molar-refractivity contribution in [3.63, 3.8) is 0 Å². The van der Waals surface area contributed by atoms with Crippen LogP contribution in [0.4, 0.5) is 11.4 Å². The van der Waals surface area contributed by atoms with Crippen molar-refractivity contribution >= 4 is 17.3 Å². The zero-order valence-corrected chi connectivity index (χ0v) is 12.9. The average molecular weight is 307 g/mol. The first kappa shape index (κ1) is 16.1. The number of aryl methyl sites for hydroxylation is 2. The van der Waals surface area contributed by atoms with Crippen molar-refractivity contribution in [1.29, 1.82) is 5.26 Å². The van der Waals surface area contributed by atoms with E-state index in [0.29, 0.717) is 11.3 Å². The summed E-state index contributed by atoms with van der Waals surface area (Å²) >= 11 is 0. The molecule has 0 spiro atoms. The molecule has 3 N–H and O–H groups in total. The van der Waals surface area contributed by atoms with Crippen LogP contribution in [0.1, 0.15) is 11.1 Å². The van der Waals surface area contributed by atoms with E-state index < -0.39 is 5.91 Å². The molecule has 0 atom stereocenters. The highest BCUT2D eigenvalue weighted by Crippen LogP contribution is 2.20. The Balaban J connectivity index is 2.10. The minimum absolute atomic E-state index is 0.0435. The van der Waals surface area contributed by atoms with Gasteiger partial charge in [0.25, 0.3) is 5.91 Å². The van der Waals surface area contributed by atoms with Gasteiger partial charge in [0, 0.05) is 17.6 Å². The number of hydrogen-bond donors (Lipinski definition) is 3. The summed E-state index contributed by atoms with van der Waals surface area (Å²) < 4.78 is 0.